The summed E-state index contributed by atoms with van der Waals surface area (Å²) in [7, 11) is 0. The Kier molecular flexibility index (Phi) is 7.68. The van der Waals surface area contributed by atoms with Crippen molar-refractivity contribution in [3.8, 4) is 5.75 Å². The highest BCUT2D eigenvalue weighted by atomic mass is 32.2. The smallest absolute Gasteiger partial charge is 0.246 e. The molecule has 0 aromatic heterocycles. The van der Waals surface area contributed by atoms with Gasteiger partial charge in [-0.15, -0.1) is 11.8 Å². The zero-order valence-corrected chi connectivity index (χ0v) is 19.5. The predicted octanol–water partition coefficient (Wildman–Crippen LogP) is 4.45. The van der Waals surface area contributed by atoms with Gasteiger partial charge in [0, 0.05) is 30.7 Å². The highest BCUT2D eigenvalue weighted by Crippen LogP contribution is 2.24. The van der Waals surface area contributed by atoms with Gasteiger partial charge in [0.2, 0.25) is 11.8 Å². The second-order valence-corrected chi connectivity index (χ2v) is 9.18. The molecule has 0 fully saturated rings. The van der Waals surface area contributed by atoms with Crippen LogP contribution in [0.15, 0.2) is 83.8 Å². The van der Waals surface area contributed by atoms with Gasteiger partial charge in [0.15, 0.2) is 0 Å². The quantitative estimate of drug-likeness (QED) is 0.505. The molecule has 2 amide bonds. The lowest BCUT2D eigenvalue weighted by Crippen LogP contribution is -2.50. The molecule has 3 aromatic carbocycles. The van der Waals surface area contributed by atoms with Crippen molar-refractivity contribution in [2.24, 2.45) is 0 Å². The monoisotopic (exact) mass is 460 g/mol. The molecule has 6 heteroatoms. The van der Waals surface area contributed by atoms with E-state index in [0.29, 0.717) is 25.4 Å². The van der Waals surface area contributed by atoms with Gasteiger partial charge in [0.05, 0.1) is 0 Å². The van der Waals surface area contributed by atoms with Gasteiger partial charge in [0.1, 0.15) is 18.4 Å². The van der Waals surface area contributed by atoms with E-state index in [1.54, 1.807) is 11.8 Å². The molecule has 0 saturated heterocycles. The molecule has 0 aliphatic carbocycles. The molecule has 1 aliphatic heterocycles. The highest BCUT2D eigenvalue weighted by Gasteiger charge is 2.28. The van der Waals surface area contributed by atoms with Gasteiger partial charge in [-0.2, -0.15) is 0 Å². The molecule has 0 bridgehead atoms. The summed E-state index contributed by atoms with van der Waals surface area (Å²) < 4.78 is 5.84. The lowest BCUT2D eigenvalue weighted by Gasteiger charge is -2.32. The molecule has 1 aliphatic rings. The van der Waals surface area contributed by atoms with E-state index < -0.39 is 6.04 Å². The van der Waals surface area contributed by atoms with E-state index in [-0.39, 0.29) is 11.8 Å². The summed E-state index contributed by atoms with van der Waals surface area (Å²) >= 11 is 1.55. The number of nitrogens with zero attached hydrogens (tertiary/aromatic N) is 1. The first-order chi connectivity index (χ1) is 16.1. The fraction of sp³-hybridized carbons (Fsp3) is 0.259. The molecule has 33 heavy (non-hydrogen) atoms. The average Bonchev–Trinajstić information content (AvgIpc) is 2.85. The number of carbonyl (C=O) groups excluding carboxylic acids is 2. The van der Waals surface area contributed by atoms with Gasteiger partial charge < -0.3 is 15.0 Å². The molecule has 170 valence electrons. The van der Waals surface area contributed by atoms with Crippen LogP contribution in [0.5, 0.6) is 5.75 Å². The number of nitrogens with one attached hydrogen (secondary N) is 1. The second-order valence-electron chi connectivity index (χ2n) is 8.09. The number of carbonyl (C=O) groups is 2. The Balaban J connectivity index is 1.34. The van der Waals surface area contributed by atoms with Crippen LogP contribution in [0.4, 0.5) is 0 Å². The van der Waals surface area contributed by atoms with Gasteiger partial charge >= 0.3 is 0 Å². The van der Waals surface area contributed by atoms with E-state index in [1.165, 1.54) is 18.1 Å². The maximum Gasteiger partial charge on any atom is 0.246 e. The molecule has 3 aromatic rings. The summed E-state index contributed by atoms with van der Waals surface area (Å²) in [5, 5.41) is 2.85. The number of benzene rings is 3. The molecule has 1 atom stereocenters. The predicted molar refractivity (Wildman–Crippen MR) is 131 cm³/mol. The van der Waals surface area contributed by atoms with Crippen LogP contribution in [-0.4, -0.2) is 35.1 Å². The maximum atomic E-state index is 13.2. The molecular formula is C27H28N2O3S. The molecule has 5 nitrogen and oxygen atoms in total. The summed E-state index contributed by atoms with van der Waals surface area (Å²) in [6.07, 6.45) is 0.840. The first-order valence-corrected chi connectivity index (χ1v) is 12.1. The Morgan fingerprint density at radius 1 is 0.970 bits per heavy atom. The lowest BCUT2D eigenvalue weighted by atomic mass is 9.99. The van der Waals surface area contributed by atoms with Crippen LogP contribution in [0.2, 0.25) is 0 Å². The third kappa shape index (κ3) is 6.39. The largest absolute Gasteiger partial charge is 0.489 e. The van der Waals surface area contributed by atoms with Crippen LogP contribution < -0.4 is 10.1 Å². The standard InChI is InChI=1S/C27H28N2O3S/c1-20(30)28-26(27(31)29-16-15-22-9-5-6-10-23(22)17-29)19-33-25-13-11-24(12-14-25)32-18-21-7-3-2-4-8-21/h2-14,26H,15-19H2,1H3,(H,28,30). The molecule has 4 rings (SSSR count). The van der Waals surface area contributed by atoms with Gasteiger partial charge in [-0.25, -0.2) is 0 Å². The van der Waals surface area contributed by atoms with Crippen molar-refractivity contribution in [3.05, 3.63) is 95.6 Å². The molecule has 1 heterocycles. The second kappa shape index (κ2) is 11.1. The molecule has 1 unspecified atom stereocenters. The lowest BCUT2D eigenvalue weighted by molar-refractivity contribution is -0.136. The number of fused-ring (bicyclic) bond motifs is 1. The fourth-order valence-corrected chi connectivity index (χ4v) is 4.79. The first kappa shape index (κ1) is 22.9. The topological polar surface area (TPSA) is 58.6 Å². The van der Waals surface area contributed by atoms with Crippen molar-refractivity contribution in [1.29, 1.82) is 0 Å². The fourth-order valence-electron chi connectivity index (χ4n) is 3.88. The van der Waals surface area contributed by atoms with Gasteiger partial charge in [-0.3, -0.25) is 9.59 Å². The summed E-state index contributed by atoms with van der Waals surface area (Å²) in [5.74, 6) is 1.04. The van der Waals surface area contributed by atoms with E-state index in [2.05, 4.69) is 17.4 Å². The minimum Gasteiger partial charge on any atom is -0.489 e. The van der Waals surface area contributed by atoms with Crippen LogP contribution in [-0.2, 0) is 29.2 Å². The number of thioether (sulfide) groups is 1. The highest BCUT2D eigenvalue weighted by molar-refractivity contribution is 7.99. The third-order valence-corrected chi connectivity index (χ3v) is 6.71. The van der Waals surface area contributed by atoms with Crippen LogP contribution >= 0.6 is 11.8 Å². The summed E-state index contributed by atoms with van der Waals surface area (Å²) in [4.78, 5) is 27.9. The van der Waals surface area contributed by atoms with Crippen molar-refractivity contribution in [1.82, 2.24) is 10.2 Å². The summed E-state index contributed by atoms with van der Waals surface area (Å²) in [6, 6.07) is 25.5. The molecule has 0 saturated carbocycles. The van der Waals surface area contributed by atoms with E-state index >= 15 is 0 Å². The van der Waals surface area contributed by atoms with Crippen molar-refractivity contribution in [2.45, 2.75) is 37.4 Å². The van der Waals surface area contributed by atoms with Gasteiger partial charge in [0.25, 0.3) is 0 Å². The van der Waals surface area contributed by atoms with Crippen molar-refractivity contribution in [2.75, 3.05) is 12.3 Å². The van der Waals surface area contributed by atoms with E-state index in [0.717, 1.165) is 22.6 Å². The molecule has 0 radical (unpaired) electrons. The average molecular weight is 461 g/mol. The minimum absolute atomic E-state index is 0.0324. The Labute approximate surface area is 199 Å². The van der Waals surface area contributed by atoms with E-state index in [1.807, 2.05) is 71.6 Å². The number of amides is 2. The van der Waals surface area contributed by atoms with Crippen molar-refractivity contribution in [3.63, 3.8) is 0 Å². The number of rotatable bonds is 8. The van der Waals surface area contributed by atoms with Crippen molar-refractivity contribution < 1.29 is 14.3 Å². The Bertz CT molecular complexity index is 1090. The normalized spacial score (nSPS) is 13.7. The Morgan fingerprint density at radius 3 is 2.39 bits per heavy atom. The molecule has 0 spiro atoms. The molecule has 1 N–H and O–H groups in total. The van der Waals surface area contributed by atoms with Crippen LogP contribution in [0.1, 0.15) is 23.6 Å². The molecular weight excluding hydrogens is 432 g/mol. The zero-order chi connectivity index (χ0) is 23.0. The van der Waals surface area contributed by atoms with Gasteiger partial charge in [-0.05, 0) is 47.4 Å². The van der Waals surface area contributed by atoms with Gasteiger partial charge in [-0.1, -0.05) is 54.6 Å². The summed E-state index contributed by atoms with van der Waals surface area (Å²) in [5.41, 5.74) is 3.59. The van der Waals surface area contributed by atoms with Crippen LogP contribution in [0, 0.1) is 0 Å². The first-order valence-electron chi connectivity index (χ1n) is 11.1. The zero-order valence-electron chi connectivity index (χ0n) is 18.7. The van der Waals surface area contributed by atoms with E-state index in [9.17, 15) is 9.59 Å². The van der Waals surface area contributed by atoms with Crippen molar-refractivity contribution >= 4 is 23.6 Å². The minimum atomic E-state index is -0.563. The SMILES string of the molecule is CC(=O)NC(CSc1ccc(OCc2ccccc2)cc1)C(=O)N1CCc2ccccc2C1. The number of ether oxygens (including phenoxy) is 1. The summed E-state index contributed by atoms with van der Waals surface area (Å²) in [6.45, 7) is 3.23. The number of hydrogen-bond donors (Lipinski definition) is 1. The Hall–Kier alpha value is -3.25. The van der Waals surface area contributed by atoms with Crippen LogP contribution in [0.25, 0.3) is 0 Å². The third-order valence-electron chi connectivity index (χ3n) is 5.61. The Morgan fingerprint density at radius 2 is 1.67 bits per heavy atom. The van der Waals surface area contributed by atoms with E-state index in [4.69, 9.17) is 4.74 Å². The van der Waals surface area contributed by atoms with Crippen LogP contribution in [0.3, 0.4) is 0 Å². The number of hydrogen-bond acceptors (Lipinski definition) is 4. The maximum absolute atomic E-state index is 13.2.